The average Bonchev–Trinajstić information content (AvgIpc) is 2.64. The second-order valence-electron chi connectivity index (χ2n) is 6.60. The molecular formula is C22H28N2O2S. The zero-order valence-corrected chi connectivity index (χ0v) is 17.5. The third-order valence-corrected chi connectivity index (χ3v) is 4.94. The van der Waals surface area contributed by atoms with Gasteiger partial charge in [0, 0.05) is 5.69 Å². The minimum atomic E-state index is -0.320. The van der Waals surface area contributed by atoms with Gasteiger partial charge in [0.2, 0.25) is 0 Å². The van der Waals surface area contributed by atoms with Crippen molar-refractivity contribution in [3.05, 3.63) is 64.2 Å². The van der Waals surface area contributed by atoms with Gasteiger partial charge in [0.25, 0.3) is 0 Å². The van der Waals surface area contributed by atoms with Gasteiger partial charge in [-0.1, -0.05) is 31.2 Å². The zero-order valence-electron chi connectivity index (χ0n) is 16.7. The molecule has 5 heteroatoms. The highest BCUT2D eigenvalue weighted by atomic mass is 32.1. The van der Waals surface area contributed by atoms with E-state index in [9.17, 15) is 4.79 Å². The predicted octanol–water partition coefficient (Wildman–Crippen LogP) is 5.23. The maximum absolute atomic E-state index is 12.1. The van der Waals surface area contributed by atoms with Crippen LogP contribution >= 0.6 is 12.2 Å². The van der Waals surface area contributed by atoms with Gasteiger partial charge in [-0.2, -0.15) is 0 Å². The van der Waals surface area contributed by atoms with Gasteiger partial charge in [-0.25, -0.2) is 4.79 Å². The summed E-state index contributed by atoms with van der Waals surface area (Å²) in [6.45, 7) is 10.4. The van der Waals surface area contributed by atoms with E-state index in [0.29, 0.717) is 17.3 Å². The Labute approximate surface area is 167 Å². The summed E-state index contributed by atoms with van der Waals surface area (Å²) in [7, 11) is 0. The van der Waals surface area contributed by atoms with E-state index >= 15 is 0 Å². The number of hydrogen-bond donors (Lipinski definition) is 2. The fourth-order valence-corrected chi connectivity index (χ4v) is 3.17. The van der Waals surface area contributed by atoms with Crippen LogP contribution in [-0.4, -0.2) is 17.7 Å². The molecule has 0 heterocycles. The van der Waals surface area contributed by atoms with Gasteiger partial charge in [-0.05, 0) is 80.7 Å². The maximum Gasteiger partial charge on any atom is 0.338 e. The van der Waals surface area contributed by atoms with Crippen LogP contribution in [0.3, 0.4) is 0 Å². The van der Waals surface area contributed by atoms with E-state index in [0.717, 1.165) is 17.7 Å². The van der Waals surface area contributed by atoms with Crippen LogP contribution in [0.25, 0.3) is 0 Å². The van der Waals surface area contributed by atoms with E-state index in [1.807, 2.05) is 19.1 Å². The molecule has 0 amide bonds. The third-order valence-electron chi connectivity index (χ3n) is 4.72. The lowest BCUT2D eigenvalue weighted by molar-refractivity contribution is 0.0525. The molecule has 0 saturated carbocycles. The van der Waals surface area contributed by atoms with Crippen molar-refractivity contribution >= 4 is 29.0 Å². The molecule has 144 valence electrons. The standard InChI is InChI=1S/C22H28N2O2S/c1-6-19(17-12-11-14(3)15(4)13-17)23-22(27)24-20-10-8-9-18(16(20)5)21(25)26-7-2/h8-13,19H,6-7H2,1-5H3,(H2,23,24,27)/t19-/m1/s1. The number of ether oxygens (including phenoxy) is 1. The Morgan fingerprint density at radius 2 is 1.85 bits per heavy atom. The van der Waals surface area contributed by atoms with Crippen molar-refractivity contribution in [3.8, 4) is 0 Å². The van der Waals surface area contributed by atoms with Crippen molar-refractivity contribution in [1.29, 1.82) is 0 Å². The van der Waals surface area contributed by atoms with Gasteiger partial charge in [-0.3, -0.25) is 0 Å². The number of benzene rings is 2. The lowest BCUT2D eigenvalue weighted by Gasteiger charge is -2.22. The largest absolute Gasteiger partial charge is 0.462 e. The summed E-state index contributed by atoms with van der Waals surface area (Å²) >= 11 is 5.52. The number of esters is 1. The molecule has 0 fully saturated rings. The number of carbonyl (C=O) groups is 1. The first-order chi connectivity index (χ1) is 12.9. The molecule has 1 atom stereocenters. The molecule has 27 heavy (non-hydrogen) atoms. The fourth-order valence-electron chi connectivity index (χ4n) is 2.92. The highest BCUT2D eigenvalue weighted by Gasteiger charge is 2.15. The van der Waals surface area contributed by atoms with E-state index in [1.54, 1.807) is 13.0 Å². The predicted molar refractivity (Wildman–Crippen MR) is 115 cm³/mol. The fraction of sp³-hybridized carbons (Fsp3) is 0.364. The molecule has 0 aromatic heterocycles. The van der Waals surface area contributed by atoms with Crippen LogP contribution in [0.2, 0.25) is 0 Å². The van der Waals surface area contributed by atoms with Crippen molar-refractivity contribution in [3.63, 3.8) is 0 Å². The van der Waals surface area contributed by atoms with Crippen LogP contribution in [-0.2, 0) is 4.74 Å². The minimum Gasteiger partial charge on any atom is -0.462 e. The number of hydrogen-bond acceptors (Lipinski definition) is 3. The first-order valence-corrected chi connectivity index (χ1v) is 9.69. The van der Waals surface area contributed by atoms with Gasteiger partial charge in [-0.15, -0.1) is 0 Å². The number of anilines is 1. The first-order valence-electron chi connectivity index (χ1n) is 9.28. The SMILES string of the molecule is CCOC(=O)c1cccc(NC(=S)N[C@H](CC)c2ccc(C)c(C)c2)c1C. The van der Waals surface area contributed by atoms with E-state index in [-0.39, 0.29) is 12.0 Å². The third kappa shape index (κ3) is 5.30. The Bertz CT molecular complexity index is 833. The highest BCUT2D eigenvalue weighted by molar-refractivity contribution is 7.80. The smallest absolute Gasteiger partial charge is 0.338 e. The summed E-state index contributed by atoms with van der Waals surface area (Å²) in [4.78, 5) is 12.1. The zero-order chi connectivity index (χ0) is 20.0. The molecule has 0 aliphatic carbocycles. The number of thiocarbonyl (C=S) groups is 1. The molecule has 2 aromatic rings. The van der Waals surface area contributed by atoms with E-state index in [2.05, 4.69) is 49.6 Å². The molecule has 2 N–H and O–H groups in total. The van der Waals surface area contributed by atoms with E-state index in [4.69, 9.17) is 17.0 Å². The molecule has 0 bridgehead atoms. The molecular weight excluding hydrogens is 356 g/mol. The molecule has 0 saturated heterocycles. The maximum atomic E-state index is 12.1. The topological polar surface area (TPSA) is 50.4 Å². The Hall–Kier alpha value is -2.40. The van der Waals surface area contributed by atoms with Crippen LogP contribution in [0, 0.1) is 20.8 Å². The average molecular weight is 385 g/mol. The molecule has 0 radical (unpaired) electrons. The Morgan fingerprint density at radius 1 is 1.11 bits per heavy atom. The molecule has 2 aromatic carbocycles. The highest BCUT2D eigenvalue weighted by Crippen LogP contribution is 2.22. The van der Waals surface area contributed by atoms with Crippen molar-refractivity contribution in [2.24, 2.45) is 0 Å². The van der Waals surface area contributed by atoms with Crippen LogP contribution < -0.4 is 10.6 Å². The van der Waals surface area contributed by atoms with E-state index < -0.39 is 0 Å². The van der Waals surface area contributed by atoms with E-state index in [1.165, 1.54) is 16.7 Å². The first kappa shape index (κ1) is 20.9. The molecule has 4 nitrogen and oxygen atoms in total. The summed E-state index contributed by atoms with van der Waals surface area (Å²) in [5, 5.41) is 7.14. The van der Waals surface area contributed by atoms with Crippen molar-refractivity contribution in [1.82, 2.24) is 5.32 Å². The summed E-state index contributed by atoms with van der Waals surface area (Å²) in [6, 6.07) is 12.1. The monoisotopic (exact) mass is 384 g/mol. The summed E-state index contributed by atoms with van der Waals surface area (Å²) in [6.07, 6.45) is 0.909. The Morgan fingerprint density at radius 3 is 2.48 bits per heavy atom. The molecule has 2 rings (SSSR count). The second kappa shape index (κ2) is 9.51. The lowest BCUT2D eigenvalue weighted by atomic mass is 9.99. The van der Waals surface area contributed by atoms with Crippen molar-refractivity contribution in [2.75, 3.05) is 11.9 Å². The minimum absolute atomic E-state index is 0.123. The summed E-state index contributed by atoms with van der Waals surface area (Å²) in [5.74, 6) is -0.320. The number of rotatable bonds is 6. The summed E-state index contributed by atoms with van der Waals surface area (Å²) < 4.78 is 5.11. The molecule has 0 spiro atoms. The quantitative estimate of drug-likeness (QED) is 0.528. The van der Waals surface area contributed by atoms with Crippen molar-refractivity contribution in [2.45, 2.75) is 47.1 Å². The number of carbonyl (C=O) groups excluding carboxylic acids is 1. The van der Waals surface area contributed by atoms with Gasteiger partial charge in [0.1, 0.15) is 0 Å². The molecule has 0 aliphatic rings. The van der Waals surface area contributed by atoms with Crippen LogP contribution in [0.5, 0.6) is 0 Å². The normalized spacial score (nSPS) is 11.6. The number of nitrogens with one attached hydrogen (secondary N) is 2. The van der Waals surface area contributed by atoms with Gasteiger partial charge in [0.05, 0.1) is 18.2 Å². The Balaban J connectivity index is 2.13. The molecule has 0 aliphatic heterocycles. The van der Waals surface area contributed by atoms with Crippen molar-refractivity contribution < 1.29 is 9.53 Å². The second-order valence-corrected chi connectivity index (χ2v) is 7.01. The Kier molecular flexibility index (Phi) is 7.36. The van der Waals surface area contributed by atoms with Gasteiger partial charge in [0.15, 0.2) is 5.11 Å². The summed E-state index contributed by atoms with van der Waals surface area (Å²) in [5.41, 5.74) is 5.92. The van der Waals surface area contributed by atoms with Gasteiger partial charge < -0.3 is 15.4 Å². The number of aryl methyl sites for hydroxylation is 2. The van der Waals surface area contributed by atoms with Crippen LogP contribution in [0.4, 0.5) is 5.69 Å². The van der Waals surface area contributed by atoms with Crippen LogP contribution in [0.15, 0.2) is 36.4 Å². The molecule has 0 unspecified atom stereocenters. The lowest BCUT2D eigenvalue weighted by Crippen LogP contribution is -2.32. The van der Waals surface area contributed by atoms with Crippen LogP contribution in [0.1, 0.15) is 58.9 Å². The van der Waals surface area contributed by atoms with Gasteiger partial charge >= 0.3 is 5.97 Å².